The number of hydrogen-bond acceptors (Lipinski definition) is 9. The molecule has 0 fully saturated rings. The van der Waals surface area contributed by atoms with Gasteiger partial charge in [0.2, 0.25) is 10.0 Å². The van der Waals surface area contributed by atoms with E-state index in [9.17, 15) is 23.3 Å². The van der Waals surface area contributed by atoms with Crippen molar-refractivity contribution < 1.29 is 22.9 Å². The first-order valence-electron chi connectivity index (χ1n) is 9.07. The Hall–Kier alpha value is -3.91. The lowest BCUT2D eigenvalue weighted by atomic mass is 10.3. The largest absolute Gasteiger partial charge is 0.477 e. The summed E-state index contributed by atoms with van der Waals surface area (Å²) in [4.78, 5) is 31.0. The van der Waals surface area contributed by atoms with Crippen LogP contribution in [0.3, 0.4) is 0 Å². The number of nitro benzene ring substituents is 1. The van der Waals surface area contributed by atoms with Gasteiger partial charge in [0.25, 0.3) is 11.9 Å². The van der Waals surface area contributed by atoms with Gasteiger partial charge in [-0.15, -0.1) is 0 Å². The number of aryl methyl sites for hydroxylation is 3. The summed E-state index contributed by atoms with van der Waals surface area (Å²) in [6, 6.07) is 6.26. The third-order valence-electron chi connectivity index (χ3n) is 4.07. The molecule has 2 aromatic heterocycles. The molecule has 0 unspecified atom stereocenters. The van der Waals surface area contributed by atoms with E-state index in [0.29, 0.717) is 5.69 Å². The van der Waals surface area contributed by atoms with Gasteiger partial charge < -0.3 is 10.1 Å². The lowest BCUT2D eigenvalue weighted by molar-refractivity contribution is -0.386. The van der Waals surface area contributed by atoms with Crippen molar-refractivity contribution in [3.63, 3.8) is 0 Å². The summed E-state index contributed by atoms with van der Waals surface area (Å²) in [5.74, 6) is -0.388. The van der Waals surface area contributed by atoms with Gasteiger partial charge in [0, 0.05) is 23.5 Å². The molecule has 0 saturated carbocycles. The van der Waals surface area contributed by atoms with Crippen LogP contribution in [0.2, 0.25) is 0 Å². The molecule has 0 aliphatic carbocycles. The maximum atomic E-state index is 12.4. The summed E-state index contributed by atoms with van der Waals surface area (Å²) in [5.41, 5.74) is 1.39. The first kappa shape index (κ1) is 22.8. The molecule has 168 valence electrons. The number of aromatic nitrogens is 4. The van der Waals surface area contributed by atoms with Gasteiger partial charge >= 0.3 is 5.69 Å². The van der Waals surface area contributed by atoms with Gasteiger partial charge in [0.15, 0.2) is 12.4 Å². The number of primary sulfonamides is 1. The zero-order valence-electron chi connectivity index (χ0n) is 17.3. The number of anilines is 1. The second-order valence-corrected chi connectivity index (χ2v) is 8.36. The van der Waals surface area contributed by atoms with E-state index in [4.69, 9.17) is 9.88 Å². The highest BCUT2D eigenvalue weighted by molar-refractivity contribution is 7.89. The molecule has 1 amide bonds. The van der Waals surface area contributed by atoms with Crippen molar-refractivity contribution in [3.8, 4) is 11.7 Å². The molecule has 3 rings (SSSR count). The fourth-order valence-electron chi connectivity index (χ4n) is 2.80. The van der Waals surface area contributed by atoms with Crippen molar-refractivity contribution >= 4 is 27.4 Å². The van der Waals surface area contributed by atoms with Gasteiger partial charge in [-0.1, -0.05) is 0 Å². The van der Waals surface area contributed by atoms with E-state index in [1.807, 2.05) is 0 Å². The fourth-order valence-corrected chi connectivity index (χ4v) is 3.34. The monoisotopic (exact) mass is 461 g/mol. The van der Waals surface area contributed by atoms with Crippen LogP contribution in [0.5, 0.6) is 5.75 Å². The Bertz CT molecular complexity index is 1300. The summed E-state index contributed by atoms with van der Waals surface area (Å²) < 4.78 is 29.4. The number of carbonyl (C=O) groups is 1. The van der Waals surface area contributed by atoms with Crippen LogP contribution >= 0.6 is 0 Å². The molecule has 0 aliphatic heterocycles. The van der Waals surface area contributed by atoms with Gasteiger partial charge in [-0.05, 0) is 39.0 Å². The second-order valence-electron chi connectivity index (χ2n) is 6.80. The maximum absolute atomic E-state index is 12.4. The molecule has 1 aromatic carbocycles. The standard InChI is InChI=1S/C18H19N7O6S/c1-10-6-11(2)21-18(20-10)24-16(7-12(3)23-24)22-17(26)9-31-15-5-4-13(32(19,29)30)8-14(15)25(27)28/h4-8H,9H2,1-3H3,(H,22,26)(H2,19,29,30). The van der Waals surface area contributed by atoms with Crippen molar-refractivity contribution in [3.05, 3.63) is 57.5 Å². The molecular formula is C18H19N7O6S. The molecule has 13 nitrogen and oxygen atoms in total. The molecule has 0 saturated heterocycles. The Balaban J connectivity index is 1.79. The molecule has 0 spiro atoms. The molecule has 0 radical (unpaired) electrons. The third-order valence-corrected chi connectivity index (χ3v) is 4.98. The number of benzene rings is 1. The Kier molecular flexibility index (Phi) is 6.18. The normalized spacial score (nSPS) is 11.2. The third kappa shape index (κ3) is 5.22. The summed E-state index contributed by atoms with van der Waals surface area (Å²) in [7, 11) is -4.14. The quantitative estimate of drug-likeness (QED) is 0.384. The van der Waals surface area contributed by atoms with E-state index in [1.54, 1.807) is 32.9 Å². The number of rotatable bonds is 7. The average Bonchev–Trinajstić information content (AvgIpc) is 3.04. The van der Waals surface area contributed by atoms with Gasteiger partial charge in [-0.2, -0.15) is 9.78 Å². The van der Waals surface area contributed by atoms with Crippen LogP contribution in [0.15, 0.2) is 35.2 Å². The molecule has 0 bridgehead atoms. The Morgan fingerprint density at radius 2 is 1.81 bits per heavy atom. The maximum Gasteiger partial charge on any atom is 0.312 e. The Morgan fingerprint density at radius 3 is 2.41 bits per heavy atom. The summed E-state index contributed by atoms with van der Waals surface area (Å²) >= 11 is 0. The molecule has 3 N–H and O–H groups in total. The molecule has 3 aromatic rings. The first-order valence-corrected chi connectivity index (χ1v) is 10.6. The zero-order valence-corrected chi connectivity index (χ0v) is 18.1. The van der Waals surface area contributed by atoms with Crippen LogP contribution in [-0.4, -0.2) is 45.6 Å². The highest BCUT2D eigenvalue weighted by Gasteiger charge is 2.21. The van der Waals surface area contributed by atoms with Crippen LogP contribution in [0.4, 0.5) is 11.5 Å². The molecule has 2 heterocycles. The van der Waals surface area contributed by atoms with Gasteiger partial charge in [0.1, 0.15) is 5.82 Å². The number of hydrogen-bond donors (Lipinski definition) is 2. The van der Waals surface area contributed by atoms with E-state index in [0.717, 1.165) is 29.6 Å². The average molecular weight is 461 g/mol. The lowest BCUT2D eigenvalue weighted by Crippen LogP contribution is -2.22. The highest BCUT2D eigenvalue weighted by Crippen LogP contribution is 2.29. The SMILES string of the molecule is Cc1cc(C)nc(-n2nc(C)cc2NC(=O)COc2ccc(S(N)(=O)=O)cc2[N+](=O)[O-])n1. The first-order chi connectivity index (χ1) is 14.9. The van der Waals surface area contributed by atoms with Crippen molar-refractivity contribution in [2.45, 2.75) is 25.7 Å². The Morgan fingerprint density at radius 1 is 1.16 bits per heavy atom. The lowest BCUT2D eigenvalue weighted by Gasteiger charge is -2.10. The number of carbonyl (C=O) groups excluding carboxylic acids is 1. The van der Waals surface area contributed by atoms with Crippen LogP contribution in [0.1, 0.15) is 17.1 Å². The van der Waals surface area contributed by atoms with Crippen LogP contribution in [0, 0.1) is 30.9 Å². The van der Waals surface area contributed by atoms with Gasteiger partial charge in [-0.3, -0.25) is 14.9 Å². The van der Waals surface area contributed by atoms with Crippen molar-refractivity contribution in [1.29, 1.82) is 0 Å². The minimum absolute atomic E-state index is 0.265. The number of nitrogens with zero attached hydrogens (tertiary/aromatic N) is 5. The van der Waals surface area contributed by atoms with E-state index in [2.05, 4.69) is 20.4 Å². The van der Waals surface area contributed by atoms with Crippen molar-refractivity contribution in [2.75, 3.05) is 11.9 Å². The Labute approximate surface area is 182 Å². The second kappa shape index (κ2) is 8.68. The van der Waals surface area contributed by atoms with E-state index < -0.39 is 38.0 Å². The highest BCUT2D eigenvalue weighted by atomic mass is 32.2. The fraction of sp³-hybridized carbons (Fsp3) is 0.222. The van der Waals surface area contributed by atoms with Gasteiger partial charge in [0.05, 0.1) is 15.5 Å². The van der Waals surface area contributed by atoms with Crippen LogP contribution in [0.25, 0.3) is 5.95 Å². The number of nitrogens with one attached hydrogen (secondary N) is 1. The summed E-state index contributed by atoms with van der Waals surface area (Å²) in [6.07, 6.45) is 0. The van der Waals surface area contributed by atoms with Crippen LogP contribution in [-0.2, 0) is 14.8 Å². The minimum Gasteiger partial charge on any atom is -0.477 e. The number of sulfonamides is 1. The van der Waals surface area contributed by atoms with E-state index >= 15 is 0 Å². The molecular weight excluding hydrogens is 442 g/mol. The predicted octanol–water partition coefficient (Wildman–Crippen LogP) is 1.16. The van der Waals surface area contributed by atoms with Crippen LogP contribution < -0.4 is 15.2 Å². The molecule has 14 heteroatoms. The number of nitrogens with two attached hydrogens (primary N) is 1. The van der Waals surface area contributed by atoms with Crippen molar-refractivity contribution in [2.24, 2.45) is 5.14 Å². The number of ether oxygens (including phenoxy) is 1. The summed E-state index contributed by atoms with van der Waals surface area (Å²) in [5, 5.41) is 23.1. The smallest absolute Gasteiger partial charge is 0.312 e. The van der Waals surface area contributed by atoms with Gasteiger partial charge in [-0.25, -0.2) is 23.5 Å². The topological polar surface area (TPSA) is 185 Å². The van der Waals surface area contributed by atoms with Crippen molar-refractivity contribution in [1.82, 2.24) is 19.7 Å². The molecule has 0 aliphatic rings. The van der Waals surface area contributed by atoms with E-state index in [1.165, 1.54) is 4.68 Å². The number of amides is 1. The predicted molar refractivity (Wildman–Crippen MR) is 112 cm³/mol. The molecule has 32 heavy (non-hydrogen) atoms. The van der Waals surface area contributed by atoms with E-state index in [-0.39, 0.29) is 17.5 Å². The zero-order chi connectivity index (χ0) is 23.6. The number of nitro groups is 1. The minimum atomic E-state index is -4.14. The summed E-state index contributed by atoms with van der Waals surface area (Å²) in [6.45, 7) is 4.73. The molecule has 0 atom stereocenters.